The molecule has 1 aromatic heterocycles. The molecule has 142 valence electrons. The topological polar surface area (TPSA) is 75.4 Å². The second-order valence-electron chi connectivity index (χ2n) is 7.70. The van der Waals surface area contributed by atoms with Gasteiger partial charge in [0.1, 0.15) is 0 Å². The molecule has 6 nitrogen and oxygen atoms in total. The molecule has 0 radical (unpaired) electrons. The van der Waals surface area contributed by atoms with Crippen molar-refractivity contribution in [2.75, 3.05) is 6.54 Å². The summed E-state index contributed by atoms with van der Waals surface area (Å²) < 4.78 is 1.90. The number of fused-ring (bicyclic) bond motifs is 1. The number of hydrogen-bond acceptors (Lipinski definition) is 3. The van der Waals surface area contributed by atoms with Crippen LogP contribution >= 0.6 is 0 Å². The van der Waals surface area contributed by atoms with Crippen molar-refractivity contribution in [3.05, 3.63) is 46.8 Å². The molecule has 0 bridgehead atoms. The molecule has 1 aromatic carbocycles. The molecule has 1 aliphatic carbocycles. The predicted octanol–water partition coefficient (Wildman–Crippen LogP) is 2.99. The van der Waals surface area contributed by atoms with Crippen molar-refractivity contribution in [1.29, 1.82) is 0 Å². The standard InChI is InChI=1S/C21H25N3O3/c1-13-8-10-15(11-9-13)24-18-7-3-5-17(18)19(22-24)20(25)23-12-4-6-16(14(23)2)21(26)27/h8-11,14,16H,3-7,12H2,1-2H3,(H,26,27)/t14-,16-/m1/s1. The van der Waals surface area contributed by atoms with Crippen LogP contribution in [0.15, 0.2) is 24.3 Å². The molecular formula is C21H25N3O3. The zero-order chi connectivity index (χ0) is 19.1. The van der Waals surface area contributed by atoms with Gasteiger partial charge in [-0.3, -0.25) is 9.59 Å². The average Bonchev–Trinajstić information content (AvgIpc) is 3.24. The minimum atomic E-state index is -0.824. The summed E-state index contributed by atoms with van der Waals surface area (Å²) in [5.41, 5.74) is 4.79. The first kappa shape index (κ1) is 17.8. The molecule has 2 aromatic rings. The number of amides is 1. The van der Waals surface area contributed by atoms with Crippen LogP contribution in [-0.4, -0.2) is 44.3 Å². The number of hydrogen-bond donors (Lipinski definition) is 1. The molecule has 2 heterocycles. The van der Waals surface area contributed by atoms with Crippen molar-refractivity contribution < 1.29 is 14.7 Å². The number of carbonyl (C=O) groups excluding carboxylic acids is 1. The van der Waals surface area contributed by atoms with Gasteiger partial charge in [-0.05, 0) is 58.1 Å². The number of aromatic nitrogens is 2. The Morgan fingerprint density at radius 1 is 1.15 bits per heavy atom. The fourth-order valence-corrected chi connectivity index (χ4v) is 4.40. The number of carboxylic acid groups (broad SMARTS) is 1. The van der Waals surface area contributed by atoms with E-state index in [4.69, 9.17) is 0 Å². The molecule has 0 saturated carbocycles. The van der Waals surface area contributed by atoms with Gasteiger partial charge in [-0.25, -0.2) is 4.68 Å². The van der Waals surface area contributed by atoms with Crippen molar-refractivity contribution in [2.45, 2.75) is 52.0 Å². The van der Waals surface area contributed by atoms with E-state index in [1.54, 1.807) is 4.90 Å². The molecule has 0 unspecified atom stereocenters. The average molecular weight is 367 g/mol. The van der Waals surface area contributed by atoms with Gasteiger partial charge in [-0.1, -0.05) is 17.7 Å². The molecule has 27 heavy (non-hydrogen) atoms. The van der Waals surface area contributed by atoms with Crippen LogP contribution in [0.5, 0.6) is 0 Å². The van der Waals surface area contributed by atoms with Crippen LogP contribution in [0.4, 0.5) is 0 Å². The van der Waals surface area contributed by atoms with Crippen LogP contribution in [0.2, 0.25) is 0 Å². The second-order valence-corrected chi connectivity index (χ2v) is 7.70. The highest BCUT2D eigenvalue weighted by Crippen LogP contribution is 2.31. The van der Waals surface area contributed by atoms with E-state index in [-0.39, 0.29) is 11.9 Å². The number of carbonyl (C=O) groups is 2. The van der Waals surface area contributed by atoms with E-state index in [2.05, 4.69) is 5.10 Å². The first-order valence-corrected chi connectivity index (χ1v) is 9.69. The van der Waals surface area contributed by atoms with E-state index < -0.39 is 11.9 Å². The summed E-state index contributed by atoms with van der Waals surface area (Å²) in [5, 5.41) is 14.1. The van der Waals surface area contributed by atoms with E-state index >= 15 is 0 Å². The Balaban J connectivity index is 1.70. The fourth-order valence-electron chi connectivity index (χ4n) is 4.40. The Hall–Kier alpha value is -2.63. The third-order valence-electron chi connectivity index (χ3n) is 5.98. The molecule has 1 fully saturated rings. The smallest absolute Gasteiger partial charge is 0.308 e. The normalized spacial score (nSPS) is 21.9. The Labute approximate surface area is 158 Å². The number of aryl methyl sites for hydroxylation is 1. The van der Waals surface area contributed by atoms with Gasteiger partial charge in [-0.15, -0.1) is 0 Å². The maximum Gasteiger partial charge on any atom is 0.308 e. The van der Waals surface area contributed by atoms with Crippen molar-refractivity contribution in [3.8, 4) is 5.69 Å². The van der Waals surface area contributed by atoms with Crippen LogP contribution in [-0.2, 0) is 17.6 Å². The summed E-state index contributed by atoms with van der Waals surface area (Å²) in [5.74, 6) is -1.46. The summed E-state index contributed by atoms with van der Waals surface area (Å²) in [6.45, 7) is 4.48. The summed E-state index contributed by atoms with van der Waals surface area (Å²) in [4.78, 5) is 26.5. The quantitative estimate of drug-likeness (QED) is 0.905. The summed E-state index contributed by atoms with van der Waals surface area (Å²) in [6, 6.07) is 7.83. The van der Waals surface area contributed by atoms with Gasteiger partial charge in [0.2, 0.25) is 0 Å². The fraction of sp³-hybridized carbons (Fsp3) is 0.476. The Bertz CT molecular complexity index is 885. The van der Waals surface area contributed by atoms with Crippen molar-refractivity contribution in [3.63, 3.8) is 0 Å². The number of carboxylic acids is 1. The Kier molecular flexibility index (Phi) is 4.50. The molecule has 1 saturated heterocycles. The van der Waals surface area contributed by atoms with Gasteiger partial charge in [0.15, 0.2) is 5.69 Å². The summed E-state index contributed by atoms with van der Waals surface area (Å²) in [7, 11) is 0. The first-order valence-electron chi connectivity index (χ1n) is 9.69. The van der Waals surface area contributed by atoms with Gasteiger partial charge in [-0.2, -0.15) is 5.10 Å². The number of rotatable bonds is 3. The molecule has 0 spiro atoms. The van der Waals surface area contributed by atoms with Gasteiger partial charge >= 0.3 is 5.97 Å². The lowest BCUT2D eigenvalue weighted by Crippen LogP contribution is -2.49. The monoisotopic (exact) mass is 367 g/mol. The summed E-state index contributed by atoms with van der Waals surface area (Å²) in [6.07, 6.45) is 4.13. The van der Waals surface area contributed by atoms with Gasteiger partial charge in [0.25, 0.3) is 5.91 Å². The zero-order valence-electron chi connectivity index (χ0n) is 15.8. The van der Waals surface area contributed by atoms with E-state index in [0.717, 1.165) is 36.2 Å². The molecule has 2 atom stereocenters. The molecule has 4 rings (SSSR count). The van der Waals surface area contributed by atoms with Crippen molar-refractivity contribution in [2.24, 2.45) is 5.92 Å². The second kappa shape index (κ2) is 6.83. The molecule has 1 N–H and O–H groups in total. The molecular weight excluding hydrogens is 342 g/mol. The van der Waals surface area contributed by atoms with Gasteiger partial charge < -0.3 is 10.0 Å². The minimum absolute atomic E-state index is 0.127. The van der Waals surface area contributed by atoms with E-state index in [1.165, 1.54) is 5.56 Å². The lowest BCUT2D eigenvalue weighted by atomic mass is 9.90. The minimum Gasteiger partial charge on any atom is -0.481 e. The Morgan fingerprint density at radius 3 is 2.59 bits per heavy atom. The number of aliphatic carboxylic acids is 1. The number of piperidine rings is 1. The lowest BCUT2D eigenvalue weighted by molar-refractivity contribution is -0.144. The SMILES string of the molecule is Cc1ccc(-n2nc(C(=O)N3CCC[C@@H](C(=O)O)[C@H]3C)c3c2CCC3)cc1. The van der Waals surface area contributed by atoms with Crippen LogP contribution in [0.1, 0.15) is 53.5 Å². The third-order valence-corrected chi connectivity index (χ3v) is 5.98. The maximum atomic E-state index is 13.3. The largest absolute Gasteiger partial charge is 0.481 e. The molecule has 6 heteroatoms. The highest BCUT2D eigenvalue weighted by molar-refractivity contribution is 5.95. The highest BCUT2D eigenvalue weighted by atomic mass is 16.4. The Morgan fingerprint density at radius 2 is 1.89 bits per heavy atom. The highest BCUT2D eigenvalue weighted by Gasteiger charge is 2.38. The van der Waals surface area contributed by atoms with Crippen molar-refractivity contribution in [1.82, 2.24) is 14.7 Å². The van der Waals surface area contributed by atoms with Crippen LogP contribution < -0.4 is 0 Å². The van der Waals surface area contributed by atoms with Gasteiger partial charge in [0.05, 0.1) is 11.6 Å². The number of benzene rings is 1. The lowest BCUT2D eigenvalue weighted by Gasteiger charge is -2.37. The van der Waals surface area contributed by atoms with Crippen LogP contribution in [0.25, 0.3) is 5.69 Å². The van der Waals surface area contributed by atoms with Gasteiger partial charge in [0, 0.05) is 23.8 Å². The number of likely N-dealkylation sites (tertiary alicyclic amines) is 1. The third kappa shape index (κ3) is 3.03. The van der Waals surface area contributed by atoms with Crippen LogP contribution in [0.3, 0.4) is 0 Å². The number of nitrogens with zero attached hydrogens (tertiary/aromatic N) is 3. The molecule has 1 aliphatic heterocycles. The molecule has 1 amide bonds. The van der Waals surface area contributed by atoms with Crippen molar-refractivity contribution >= 4 is 11.9 Å². The molecule has 2 aliphatic rings. The van der Waals surface area contributed by atoms with E-state index in [9.17, 15) is 14.7 Å². The predicted molar refractivity (Wildman–Crippen MR) is 101 cm³/mol. The van der Waals surface area contributed by atoms with Crippen LogP contribution in [0, 0.1) is 12.8 Å². The summed E-state index contributed by atoms with van der Waals surface area (Å²) >= 11 is 0. The maximum absolute atomic E-state index is 13.3. The van der Waals surface area contributed by atoms with E-state index in [0.29, 0.717) is 25.1 Å². The van der Waals surface area contributed by atoms with E-state index in [1.807, 2.05) is 42.8 Å². The zero-order valence-corrected chi connectivity index (χ0v) is 15.8. The first-order chi connectivity index (χ1) is 13.0.